The van der Waals surface area contributed by atoms with Gasteiger partial charge in [-0.15, -0.1) is 13.2 Å². The number of alkyl halides is 3. The van der Waals surface area contributed by atoms with Crippen molar-refractivity contribution < 1.29 is 41.8 Å². The van der Waals surface area contributed by atoms with Crippen molar-refractivity contribution >= 4 is 5.91 Å². The van der Waals surface area contributed by atoms with Crippen LogP contribution in [-0.2, 0) is 4.74 Å². The minimum atomic E-state index is -4.80. The van der Waals surface area contributed by atoms with Crippen LogP contribution in [0.2, 0.25) is 0 Å². The van der Waals surface area contributed by atoms with Gasteiger partial charge in [-0.1, -0.05) is 5.16 Å². The number of nitrogens with zero attached hydrogens (tertiary/aromatic N) is 2. The molecule has 0 saturated heterocycles. The van der Waals surface area contributed by atoms with E-state index in [0.717, 1.165) is 12.1 Å². The van der Waals surface area contributed by atoms with Crippen molar-refractivity contribution in [2.75, 3.05) is 26.4 Å². The van der Waals surface area contributed by atoms with Gasteiger partial charge in [0.25, 0.3) is 11.8 Å². The Bertz CT molecular complexity index is 1050. The van der Waals surface area contributed by atoms with Gasteiger partial charge in [0.2, 0.25) is 5.82 Å². The first kappa shape index (κ1) is 25.0. The summed E-state index contributed by atoms with van der Waals surface area (Å²) in [5, 5.41) is 16.0. The monoisotopic (exact) mass is 481 g/mol. The largest absolute Gasteiger partial charge is 0.573 e. The number of aromatic nitrogens is 2. The molecular formula is C22H22F3N3O6. The van der Waals surface area contributed by atoms with Gasteiger partial charge in [0, 0.05) is 17.7 Å². The summed E-state index contributed by atoms with van der Waals surface area (Å²) in [6.07, 6.45) is -4.80. The van der Waals surface area contributed by atoms with Crippen molar-refractivity contribution in [1.29, 1.82) is 0 Å². The average Bonchev–Trinajstić information content (AvgIpc) is 3.30. The first-order valence-electron chi connectivity index (χ1n) is 10.2. The molecule has 0 unspecified atom stereocenters. The molecule has 0 radical (unpaired) electrons. The molecule has 0 aliphatic carbocycles. The van der Waals surface area contributed by atoms with Gasteiger partial charge in [0.05, 0.1) is 13.2 Å². The van der Waals surface area contributed by atoms with Gasteiger partial charge in [-0.3, -0.25) is 4.79 Å². The highest BCUT2D eigenvalue weighted by atomic mass is 19.4. The Kier molecular flexibility index (Phi) is 8.44. The Morgan fingerprint density at radius 1 is 1.09 bits per heavy atom. The fraction of sp³-hybridized carbons (Fsp3) is 0.318. The smallest absolute Gasteiger partial charge is 0.491 e. The number of carbonyl (C=O) groups excluding carboxylic acids is 1. The van der Waals surface area contributed by atoms with Gasteiger partial charge in [-0.05, 0) is 55.5 Å². The van der Waals surface area contributed by atoms with Crippen LogP contribution < -0.4 is 14.8 Å². The third-order valence-electron chi connectivity index (χ3n) is 4.39. The lowest BCUT2D eigenvalue weighted by Crippen LogP contribution is -2.31. The zero-order valence-electron chi connectivity index (χ0n) is 18.0. The number of carbonyl (C=O) groups is 1. The lowest BCUT2D eigenvalue weighted by molar-refractivity contribution is -0.274. The van der Waals surface area contributed by atoms with Crippen LogP contribution in [-0.4, -0.2) is 53.9 Å². The Labute approximate surface area is 192 Å². The summed E-state index contributed by atoms with van der Waals surface area (Å²) in [5.41, 5.74) is 0.670. The summed E-state index contributed by atoms with van der Waals surface area (Å²) in [6.45, 7) is 2.79. The van der Waals surface area contributed by atoms with E-state index in [1.807, 2.05) is 6.92 Å². The van der Waals surface area contributed by atoms with Gasteiger partial charge < -0.3 is 29.2 Å². The van der Waals surface area contributed by atoms with E-state index in [-0.39, 0.29) is 11.7 Å². The number of nitrogens with one attached hydrogen (secondary N) is 1. The average molecular weight is 481 g/mol. The Hall–Kier alpha value is -3.64. The zero-order valence-corrected chi connectivity index (χ0v) is 18.0. The van der Waals surface area contributed by atoms with E-state index in [1.54, 1.807) is 24.3 Å². The summed E-state index contributed by atoms with van der Waals surface area (Å²) < 4.78 is 56.5. The number of hydrogen-bond donors (Lipinski definition) is 2. The fourth-order valence-corrected chi connectivity index (χ4v) is 2.79. The molecule has 0 saturated carbocycles. The minimum Gasteiger partial charge on any atom is -0.491 e. The number of benzene rings is 2. The minimum absolute atomic E-state index is 0.0646. The molecule has 12 heteroatoms. The molecule has 3 rings (SSSR count). The summed E-state index contributed by atoms with van der Waals surface area (Å²) in [4.78, 5) is 16.7. The summed E-state index contributed by atoms with van der Waals surface area (Å²) in [5.74, 6) is -0.324. The molecule has 2 aromatic carbocycles. The summed E-state index contributed by atoms with van der Waals surface area (Å²) in [7, 11) is 0. The van der Waals surface area contributed by atoms with Crippen molar-refractivity contribution in [3.8, 4) is 22.9 Å². The van der Waals surface area contributed by atoms with Crippen LogP contribution in [0, 0.1) is 0 Å². The molecule has 0 aliphatic heterocycles. The molecule has 0 spiro atoms. The molecule has 0 aliphatic rings. The van der Waals surface area contributed by atoms with E-state index in [1.165, 1.54) is 12.1 Å². The molecule has 2 N–H and O–H groups in total. The van der Waals surface area contributed by atoms with Crippen LogP contribution in [0.15, 0.2) is 53.1 Å². The topological polar surface area (TPSA) is 116 Å². The van der Waals surface area contributed by atoms with E-state index >= 15 is 0 Å². The second-order valence-electron chi connectivity index (χ2n) is 6.81. The lowest BCUT2D eigenvalue weighted by atomic mass is 10.2. The maximum Gasteiger partial charge on any atom is 0.573 e. The van der Waals surface area contributed by atoms with Crippen LogP contribution in [0.25, 0.3) is 11.4 Å². The van der Waals surface area contributed by atoms with Crippen LogP contribution in [0.1, 0.15) is 29.2 Å². The fourth-order valence-electron chi connectivity index (χ4n) is 2.79. The summed E-state index contributed by atoms with van der Waals surface area (Å²) >= 11 is 0. The molecular weight excluding hydrogens is 459 g/mol. The van der Waals surface area contributed by atoms with Gasteiger partial charge in [-0.2, -0.15) is 4.98 Å². The number of aliphatic hydroxyl groups is 1. The second-order valence-corrected chi connectivity index (χ2v) is 6.81. The van der Waals surface area contributed by atoms with E-state index in [4.69, 9.17) is 14.0 Å². The van der Waals surface area contributed by atoms with Gasteiger partial charge in [0.1, 0.15) is 24.1 Å². The molecule has 1 amide bonds. The highest BCUT2D eigenvalue weighted by Gasteiger charge is 2.31. The lowest BCUT2D eigenvalue weighted by Gasteiger charge is -2.12. The molecule has 34 heavy (non-hydrogen) atoms. The second kappa shape index (κ2) is 11.5. The van der Waals surface area contributed by atoms with Crippen molar-refractivity contribution in [2.24, 2.45) is 0 Å². The molecule has 9 nitrogen and oxygen atoms in total. The maximum absolute atomic E-state index is 12.5. The Morgan fingerprint density at radius 2 is 1.76 bits per heavy atom. The number of aliphatic hydroxyl groups excluding tert-OH is 1. The van der Waals surface area contributed by atoms with Gasteiger partial charge >= 0.3 is 6.36 Å². The molecule has 1 atom stereocenters. The SMILES string of the molecule is CCOCCOc1ccc(C(=O)N[C@@H](CO)c2nc(-c3ccc(OC(F)(F)F)cc3)no2)cc1. The zero-order chi connectivity index (χ0) is 24.6. The highest BCUT2D eigenvalue weighted by Crippen LogP contribution is 2.26. The Morgan fingerprint density at radius 3 is 2.38 bits per heavy atom. The molecule has 3 aromatic rings. The van der Waals surface area contributed by atoms with Crippen molar-refractivity contribution in [3.63, 3.8) is 0 Å². The van der Waals surface area contributed by atoms with Crippen molar-refractivity contribution in [2.45, 2.75) is 19.3 Å². The van der Waals surface area contributed by atoms with Crippen LogP contribution in [0.4, 0.5) is 13.2 Å². The first-order chi connectivity index (χ1) is 16.3. The van der Waals surface area contributed by atoms with Crippen LogP contribution in [0.3, 0.4) is 0 Å². The number of amides is 1. The third-order valence-corrected chi connectivity index (χ3v) is 4.39. The van der Waals surface area contributed by atoms with Gasteiger partial charge in [0.15, 0.2) is 0 Å². The Balaban J connectivity index is 1.61. The predicted molar refractivity (Wildman–Crippen MR) is 112 cm³/mol. The molecule has 1 aromatic heterocycles. The van der Waals surface area contributed by atoms with E-state index < -0.39 is 30.7 Å². The van der Waals surface area contributed by atoms with Crippen molar-refractivity contribution in [3.05, 3.63) is 60.0 Å². The first-order valence-corrected chi connectivity index (χ1v) is 10.2. The maximum atomic E-state index is 12.5. The van der Waals surface area contributed by atoms with Crippen molar-refractivity contribution in [1.82, 2.24) is 15.5 Å². The highest BCUT2D eigenvalue weighted by molar-refractivity contribution is 5.94. The summed E-state index contributed by atoms with van der Waals surface area (Å²) in [6, 6.07) is 10.2. The quantitative estimate of drug-likeness (QED) is 0.400. The number of halogens is 3. The molecule has 182 valence electrons. The van der Waals surface area contributed by atoms with Crippen LogP contribution in [0.5, 0.6) is 11.5 Å². The molecule has 0 bridgehead atoms. The van der Waals surface area contributed by atoms with Gasteiger partial charge in [-0.25, -0.2) is 0 Å². The van der Waals surface area contributed by atoms with E-state index in [2.05, 4.69) is 20.2 Å². The number of hydrogen-bond acceptors (Lipinski definition) is 8. The standard InChI is InChI=1S/C22H22F3N3O6/c1-2-31-11-12-32-16-7-5-15(6-8-16)20(30)26-18(13-29)21-27-19(28-34-21)14-3-9-17(10-4-14)33-22(23,24)25/h3-10,18,29H,2,11-13H2,1H3,(H,26,30)/t18-/m0/s1. The molecule has 0 fully saturated rings. The third kappa shape index (κ3) is 7.18. The predicted octanol–water partition coefficient (Wildman–Crippen LogP) is 3.51. The van der Waals surface area contributed by atoms with E-state index in [9.17, 15) is 23.1 Å². The van der Waals surface area contributed by atoms with E-state index in [0.29, 0.717) is 36.7 Å². The normalized spacial score (nSPS) is 12.3. The van der Waals surface area contributed by atoms with Crippen LogP contribution >= 0.6 is 0 Å². The number of rotatable bonds is 11. The number of ether oxygens (including phenoxy) is 3. The molecule has 1 heterocycles.